The van der Waals surface area contributed by atoms with E-state index in [9.17, 15) is 49.0 Å². The number of hydrogen-bond donors (Lipinski definition) is 0. The van der Waals surface area contributed by atoms with Gasteiger partial charge < -0.3 is 9.47 Å². The second kappa shape index (κ2) is 15.4. The van der Waals surface area contributed by atoms with Crippen molar-refractivity contribution in [3.8, 4) is 0 Å². The normalized spacial score (nSPS) is 17.3. The van der Waals surface area contributed by atoms with E-state index in [1.165, 1.54) is 24.3 Å². The number of non-ortho nitro benzene ring substituents is 2. The fraction of sp³-hybridized carbons (Fsp3) is 0.0625. The van der Waals surface area contributed by atoms with E-state index >= 15 is 0 Å². The topological polar surface area (TPSA) is 238 Å². The highest BCUT2D eigenvalue weighted by atomic mass is 32.2. The maximum atomic E-state index is 13.9. The monoisotopic (exact) mass is 744 g/mol. The summed E-state index contributed by atoms with van der Waals surface area (Å²) in [5.74, 6) is -5.39. The van der Waals surface area contributed by atoms with Crippen LogP contribution in [0.25, 0.3) is 0 Å². The Kier molecular flexibility index (Phi) is 10.8. The van der Waals surface area contributed by atoms with Gasteiger partial charge in [-0.3, -0.25) is 49.2 Å². The van der Waals surface area contributed by atoms with Crippen LogP contribution in [-0.4, -0.2) is 70.0 Å². The molecule has 3 aromatic carbocycles. The summed E-state index contributed by atoms with van der Waals surface area (Å²) in [7, 11) is 2.16. The van der Waals surface area contributed by atoms with Gasteiger partial charge in [-0.2, -0.15) is 9.98 Å². The molecule has 0 N–H and O–H groups in total. The average Bonchev–Trinajstić information content (AvgIpc) is 3.60. The molecule has 18 nitrogen and oxygen atoms in total. The number of thioether (sulfide) groups is 2. The largest absolute Gasteiger partial charge is 0.466 e. The van der Waals surface area contributed by atoms with Crippen LogP contribution in [0.15, 0.2) is 105 Å². The van der Waals surface area contributed by atoms with E-state index in [1.54, 1.807) is 0 Å². The summed E-state index contributed by atoms with van der Waals surface area (Å²) in [5, 5.41) is 21.6. The zero-order valence-electron chi connectivity index (χ0n) is 26.5. The van der Waals surface area contributed by atoms with Crippen molar-refractivity contribution in [2.24, 2.45) is 9.98 Å². The van der Waals surface area contributed by atoms with E-state index < -0.39 is 45.4 Å². The van der Waals surface area contributed by atoms with E-state index in [-0.39, 0.29) is 54.0 Å². The molecule has 20 heteroatoms. The standard InChI is InChI=1S/C32H20N6O12S2/c1-49-25(39)15-23-29(43)35(31(51-23)33-27(41)17-7-11-19(12-8-17)37(45)46)21-5-3-4-6-22(21)36-30(44)24(16-26(40)50-2)52-32(36)34-28(42)18-9-13-20(14-10-18)38(47)48/h3-16H,1-2H3/b23-15-,24-16-,33-31?,34-32?. The molecule has 4 amide bonds. The molecule has 3 aromatic rings. The van der Waals surface area contributed by atoms with Crippen molar-refractivity contribution in [2.45, 2.75) is 0 Å². The van der Waals surface area contributed by atoms with Gasteiger partial charge in [0.05, 0.1) is 45.3 Å². The number of aliphatic imine (C=N–C) groups is 2. The summed E-state index contributed by atoms with van der Waals surface area (Å²) >= 11 is 1.23. The number of hydrogen-bond acceptors (Lipinski definition) is 14. The number of amides is 4. The number of esters is 2. The number of carbonyl (C=O) groups is 6. The Labute approximate surface area is 299 Å². The number of para-hydroxylation sites is 2. The quantitative estimate of drug-likeness (QED) is 0.136. The molecule has 2 heterocycles. The van der Waals surface area contributed by atoms with Gasteiger partial charge in [0, 0.05) is 47.5 Å². The molecule has 0 atom stereocenters. The van der Waals surface area contributed by atoms with E-state index in [0.717, 1.165) is 84.7 Å². The third-order valence-corrected chi connectivity index (χ3v) is 8.86. The number of ether oxygens (including phenoxy) is 2. The molecule has 2 fully saturated rings. The number of rotatable bonds is 8. The maximum absolute atomic E-state index is 13.9. The number of anilines is 2. The predicted octanol–water partition coefficient (Wildman–Crippen LogP) is 4.17. The van der Waals surface area contributed by atoms with E-state index in [4.69, 9.17) is 0 Å². The van der Waals surface area contributed by atoms with Gasteiger partial charge in [-0.15, -0.1) is 0 Å². The second-order valence-corrected chi connectivity index (χ2v) is 12.1. The fourth-order valence-electron chi connectivity index (χ4n) is 4.45. The van der Waals surface area contributed by atoms with Crippen molar-refractivity contribution < 1.29 is 48.1 Å². The average molecular weight is 745 g/mol. The third kappa shape index (κ3) is 7.66. The van der Waals surface area contributed by atoms with Crippen molar-refractivity contribution >= 4 is 92.2 Å². The van der Waals surface area contributed by atoms with Gasteiger partial charge >= 0.3 is 11.9 Å². The van der Waals surface area contributed by atoms with Crippen LogP contribution >= 0.6 is 23.5 Å². The second-order valence-electron chi connectivity index (χ2n) is 10.0. The molecular formula is C32H20N6O12S2. The minimum Gasteiger partial charge on any atom is -0.466 e. The Balaban J connectivity index is 1.64. The first-order chi connectivity index (χ1) is 24.8. The molecular weight excluding hydrogens is 725 g/mol. The van der Waals surface area contributed by atoms with Crippen molar-refractivity contribution in [2.75, 3.05) is 24.0 Å². The number of nitrogens with zero attached hydrogens (tertiary/aromatic N) is 6. The minimum atomic E-state index is -0.918. The Morgan fingerprint density at radius 3 is 1.29 bits per heavy atom. The van der Waals surface area contributed by atoms with Gasteiger partial charge in [0.25, 0.3) is 35.0 Å². The lowest BCUT2D eigenvalue weighted by atomic mass is 10.2. The van der Waals surface area contributed by atoms with Crippen LogP contribution in [0.2, 0.25) is 0 Å². The molecule has 0 aliphatic carbocycles. The van der Waals surface area contributed by atoms with Gasteiger partial charge in [0.2, 0.25) is 0 Å². The number of carbonyl (C=O) groups excluding carboxylic acids is 6. The summed E-state index contributed by atoms with van der Waals surface area (Å²) in [4.78, 5) is 109. The number of nitro benzene ring substituents is 2. The van der Waals surface area contributed by atoms with E-state index in [0.29, 0.717) is 23.5 Å². The molecule has 0 unspecified atom stereocenters. The Hall–Kier alpha value is -6.80. The number of amidine groups is 2. The molecule has 0 saturated carbocycles. The van der Waals surface area contributed by atoms with Crippen LogP contribution in [0, 0.1) is 20.2 Å². The molecule has 2 aliphatic rings. The third-order valence-electron chi connectivity index (χ3n) is 6.92. The molecule has 2 saturated heterocycles. The first kappa shape index (κ1) is 36.5. The van der Waals surface area contributed by atoms with Gasteiger partial charge in [-0.25, -0.2) is 9.59 Å². The summed E-state index contributed by atoms with van der Waals surface area (Å²) in [6, 6.07) is 14.7. The molecule has 0 bridgehead atoms. The van der Waals surface area contributed by atoms with Crippen LogP contribution < -0.4 is 9.80 Å². The molecule has 5 rings (SSSR count). The summed E-state index contributed by atoms with van der Waals surface area (Å²) in [6.45, 7) is 0. The zero-order chi connectivity index (χ0) is 37.7. The first-order valence-corrected chi connectivity index (χ1v) is 15.9. The van der Waals surface area contributed by atoms with E-state index in [1.807, 2.05) is 0 Å². The molecule has 2 aliphatic heterocycles. The Morgan fingerprint density at radius 2 is 0.981 bits per heavy atom. The van der Waals surface area contributed by atoms with Crippen molar-refractivity contribution in [3.63, 3.8) is 0 Å². The fourth-order valence-corrected chi connectivity index (χ4v) is 6.31. The first-order valence-electron chi connectivity index (χ1n) is 14.3. The van der Waals surface area contributed by atoms with Crippen LogP contribution in [0.4, 0.5) is 22.7 Å². The lowest BCUT2D eigenvalue weighted by Gasteiger charge is -2.24. The predicted molar refractivity (Wildman–Crippen MR) is 187 cm³/mol. The zero-order valence-corrected chi connectivity index (χ0v) is 28.1. The van der Waals surface area contributed by atoms with Gasteiger partial charge in [0.15, 0.2) is 10.3 Å². The summed E-state index contributed by atoms with van der Waals surface area (Å²) in [6.07, 6.45) is 1.73. The summed E-state index contributed by atoms with van der Waals surface area (Å²) in [5.41, 5.74) is -0.904. The number of benzene rings is 3. The summed E-state index contributed by atoms with van der Waals surface area (Å²) < 4.78 is 9.31. The van der Waals surface area contributed by atoms with Crippen LogP contribution in [-0.2, 0) is 28.7 Å². The molecule has 0 radical (unpaired) electrons. The van der Waals surface area contributed by atoms with Crippen LogP contribution in [0.5, 0.6) is 0 Å². The van der Waals surface area contributed by atoms with Crippen molar-refractivity contribution in [1.82, 2.24) is 0 Å². The molecule has 0 spiro atoms. The van der Waals surface area contributed by atoms with Crippen LogP contribution in [0.3, 0.4) is 0 Å². The maximum Gasteiger partial charge on any atom is 0.331 e. The highest BCUT2D eigenvalue weighted by Crippen LogP contribution is 2.43. The Morgan fingerprint density at radius 1 is 0.635 bits per heavy atom. The van der Waals surface area contributed by atoms with Gasteiger partial charge in [-0.05, 0) is 59.9 Å². The minimum absolute atomic E-state index is 0.0762. The lowest BCUT2D eigenvalue weighted by Crippen LogP contribution is -2.35. The van der Waals surface area contributed by atoms with Crippen molar-refractivity contribution in [3.05, 3.63) is 126 Å². The molecule has 52 heavy (non-hydrogen) atoms. The number of nitro groups is 2. The van der Waals surface area contributed by atoms with Gasteiger partial charge in [-0.1, -0.05) is 12.1 Å². The van der Waals surface area contributed by atoms with Crippen molar-refractivity contribution in [1.29, 1.82) is 0 Å². The lowest BCUT2D eigenvalue weighted by molar-refractivity contribution is -0.385. The molecule has 0 aromatic heterocycles. The van der Waals surface area contributed by atoms with Crippen LogP contribution in [0.1, 0.15) is 20.7 Å². The van der Waals surface area contributed by atoms with E-state index in [2.05, 4.69) is 19.5 Å². The number of methoxy groups -OCH3 is 2. The Bertz CT molecular complexity index is 2040. The van der Waals surface area contributed by atoms with Gasteiger partial charge in [0.1, 0.15) is 0 Å². The SMILES string of the molecule is COC(=O)/C=C1\SC(=NC(=O)c2ccc([N+](=O)[O-])cc2)N(c2ccccc2N2C(=O)/C(=C/C(=O)OC)SC2=NC(=O)c2ccc([N+](=O)[O-])cc2)C1=O. The highest BCUT2D eigenvalue weighted by molar-refractivity contribution is 8.19. The highest BCUT2D eigenvalue weighted by Gasteiger charge is 2.42. The smallest absolute Gasteiger partial charge is 0.331 e. The molecule has 262 valence electrons.